The Labute approximate surface area is 140 Å². The first-order valence-electron chi connectivity index (χ1n) is 6.90. The molecular formula is C16H17ClN2O3S. The third-order valence-electron chi connectivity index (χ3n) is 3.12. The standard InChI is InChI=1S/C16H17ClN2O3S/c1-11-3-8-16(15(17)9-11)23(21,22)18-10-13-4-6-14(7-5-13)19-12(2)20/h3-9,18H,10H2,1-2H3,(H,19,20). The molecule has 7 heteroatoms. The Morgan fingerprint density at radius 3 is 2.35 bits per heavy atom. The molecule has 0 spiro atoms. The van der Waals surface area contributed by atoms with Crippen LogP contribution in [-0.2, 0) is 21.4 Å². The van der Waals surface area contributed by atoms with Crippen LogP contribution in [0.3, 0.4) is 0 Å². The van der Waals surface area contributed by atoms with Gasteiger partial charge in [-0.3, -0.25) is 4.79 Å². The van der Waals surface area contributed by atoms with Crippen LogP contribution in [0.15, 0.2) is 47.4 Å². The predicted molar refractivity (Wildman–Crippen MR) is 91.0 cm³/mol. The minimum Gasteiger partial charge on any atom is -0.326 e. The largest absolute Gasteiger partial charge is 0.326 e. The number of rotatable bonds is 5. The average Bonchev–Trinajstić information content (AvgIpc) is 2.45. The number of halogens is 1. The zero-order valence-corrected chi connectivity index (χ0v) is 14.3. The molecule has 2 rings (SSSR count). The quantitative estimate of drug-likeness (QED) is 0.868. The fourth-order valence-corrected chi connectivity index (χ4v) is 3.60. The summed E-state index contributed by atoms with van der Waals surface area (Å²) in [7, 11) is -3.69. The number of carbonyl (C=O) groups is 1. The van der Waals surface area contributed by atoms with Gasteiger partial charge in [-0.25, -0.2) is 13.1 Å². The van der Waals surface area contributed by atoms with E-state index < -0.39 is 10.0 Å². The number of anilines is 1. The van der Waals surface area contributed by atoms with Gasteiger partial charge in [0.05, 0.1) is 5.02 Å². The highest BCUT2D eigenvalue weighted by molar-refractivity contribution is 7.89. The van der Waals surface area contributed by atoms with Crippen molar-refractivity contribution >= 4 is 33.2 Å². The van der Waals surface area contributed by atoms with Gasteiger partial charge in [-0.15, -0.1) is 0 Å². The summed E-state index contributed by atoms with van der Waals surface area (Å²) < 4.78 is 27.1. The second-order valence-corrected chi connectivity index (χ2v) is 7.28. The normalized spacial score (nSPS) is 11.3. The molecule has 5 nitrogen and oxygen atoms in total. The van der Waals surface area contributed by atoms with Crippen molar-refractivity contribution in [3.63, 3.8) is 0 Å². The molecule has 122 valence electrons. The van der Waals surface area contributed by atoms with Gasteiger partial charge in [0, 0.05) is 19.2 Å². The van der Waals surface area contributed by atoms with E-state index in [0.717, 1.165) is 11.1 Å². The van der Waals surface area contributed by atoms with Crippen LogP contribution in [-0.4, -0.2) is 14.3 Å². The Kier molecular flexibility index (Phi) is 5.41. The molecule has 23 heavy (non-hydrogen) atoms. The van der Waals surface area contributed by atoms with E-state index in [1.165, 1.54) is 13.0 Å². The van der Waals surface area contributed by atoms with Gasteiger partial charge >= 0.3 is 0 Å². The minimum absolute atomic E-state index is 0.0552. The number of aryl methyl sites for hydroxylation is 1. The maximum absolute atomic E-state index is 12.3. The van der Waals surface area contributed by atoms with Crippen molar-refractivity contribution in [3.8, 4) is 0 Å². The Hall–Kier alpha value is -1.89. The van der Waals surface area contributed by atoms with Crippen molar-refractivity contribution in [2.45, 2.75) is 25.3 Å². The van der Waals surface area contributed by atoms with Gasteiger partial charge in [-0.05, 0) is 42.3 Å². The summed E-state index contributed by atoms with van der Waals surface area (Å²) in [6.45, 7) is 3.40. The van der Waals surface area contributed by atoms with E-state index in [0.29, 0.717) is 5.69 Å². The molecule has 0 saturated heterocycles. The maximum Gasteiger partial charge on any atom is 0.242 e. The summed E-state index contributed by atoms with van der Waals surface area (Å²) in [6, 6.07) is 11.7. The predicted octanol–water partition coefficient (Wildman–Crippen LogP) is 3.09. The molecule has 0 aliphatic heterocycles. The molecule has 2 aromatic carbocycles. The molecule has 0 radical (unpaired) electrons. The van der Waals surface area contributed by atoms with E-state index in [1.807, 2.05) is 6.92 Å². The summed E-state index contributed by atoms with van der Waals surface area (Å²) >= 11 is 6.01. The van der Waals surface area contributed by atoms with Gasteiger partial charge in [0.2, 0.25) is 15.9 Å². The number of benzene rings is 2. The maximum atomic E-state index is 12.3. The van der Waals surface area contributed by atoms with E-state index in [1.54, 1.807) is 36.4 Å². The lowest BCUT2D eigenvalue weighted by atomic mass is 10.2. The number of carbonyl (C=O) groups excluding carboxylic acids is 1. The minimum atomic E-state index is -3.69. The molecule has 0 heterocycles. The van der Waals surface area contributed by atoms with Crippen molar-refractivity contribution < 1.29 is 13.2 Å². The molecule has 0 fully saturated rings. The molecule has 0 aromatic heterocycles. The number of nitrogens with one attached hydrogen (secondary N) is 2. The Balaban J connectivity index is 2.08. The summed E-state index contributed by atoms with van der Waals surface area (Å²) in [4.78, 5) is 11.0. The summed E-state index contributed by atoms with van der Waals surface area (Å²) in [5, 5.41) is 2.84. The van der Waals surface area contributed by atoms with Gasteiger partial charge in [0.1, 0.15) is 4.90 Å². The fraction of sp³-hybridized carbons (Fsp3) is 0.188. The van der Waals surface area contributed by atoms with Gasteiger partial charge in [-0.1, -0.05) is 29.8 Å². The molecule has 0 bridgehead atoms. The second-order valence-electron chi connectivity index (χ2n) is 5.14. The molecular weight excluding hydrogens is 336 g/mol. The van der Waals surface area contributed by atoms with E-state index in [9.17, 15) is 13.2 Å². The monoisotopic (exact) mass is 352 g/mol. The van der Waals surface area contributed by atoms with Crippen molar-refractivity contribution in [2.75, 3.05) is 5.32 Å². The lowest BCUT2D eigenvalue weighted by Gasteiger charge is -2.09. The summed E-state index contributed by atoms with van der Waals surface area (Å²) in [6.07, 6.45) is 0. The first kappa shape index (κ1) is 17.5. The van der Waals surface area contributed by atoms with Crippen molar-refractivity contribution in [3.05, 3.63) is 58.6 Å². The zero-order chi connectivity index (χ0) is 17.0. The van der Waals surface area contributed by atoms with Gasteiger partial charge in [0.15, 0.2) is 0 Å². The lowest BCUT2D eigenvalue weighted by Crippen LogP contribution is -2.23. The summed E-state index contributed by atoms with van der Waals surface area (Å²) in [5.74, 6) is -0.160. The van der Waals surface area contributed by atoms with Crippen LogP contribution in [0.25, 0.3) is 0 Å². The van der Waals surface area contributed by atoms with Gasteiger partial charge in [0.25, 0.3) is 0 Å². The third-order valence-corrected chi connectivity index (χ3v) is 5.00. The van der Waals surface area contributed by atoms with Crippen molar-refractivity contribution in [2.24, 2.45) is 0 Å². The number of hydrogen-bond donors (Lipinski definition) is 2. The van der Waals surface area contributed by atoms with E-state index in [-0.39, 0.29) is 22.4 Å². The molecule has 1 amide bonds. The van der Waals surface area contributed by atoms with Crippen LogP contribution in [0.2, 0.25) is 5.02 Å². The molecule has 0 aliphatic carbocycles. The highest BCUT2D eigenvalue weighted by atomic mass is 35.5. The molecule has 2 N–H and O–H groups in total. The lowest BCUT2D eigenvalue weighted by molar-refractivity contribution is -0.114. The average molecular weight is 353 g/mol. The van der Waals surface area contributed by atoms with Crippen molar-refractivity contribution in [1.82, 2.24) is 4.72 Å². The fourth-order valence-electron chi connectivity index (χ4n) is 1.99. The smallest absolute Gasteiger partial charge is 0.242 e. The van der Waals surface area contributed by atoms with Crippen LogP contribution in [0, 0.1) is 6.92 Å². The molecule has 0 atom stereocenters. The summed E-state index contributed by atoms with van der Waals surface area (Å²) in [5.41, 5.74) is 2.32. The van der Waals surface area contributed by atoms with E-state index in [2.05, 4.69) is 10.0 Å². The highest BCUT2D eigenvalue weighted by Crippen LogP contribution is 2.22. The molecule has 2 aromatic rings. The van der Waals surface area contributed by atoms with Crippen molar-refractivity contribution in [1.29, 1.82) is 0 Å². The highest BCUT2D eigenvalue weighted by Gasteiger charge is 2.17. The third kappa shape index (κ3) is 4.79. The van der Waals surface area contributed by atoms with E-state index >= 15 is 0 Å². The topological polar surface area (TPSA) is 75.3 Å². The Bertz CT molecular complexity index is 818. The zero-order valence-electron chi connectivity index (χ0n) is 12.8. The van der Waals surface area contributed by atoms with Gasteiger partial charge in [-0.2, -0.15) is 0 Å². The first-order chi connectivity index (χ1) is 10.8. The number of amides is 1. The van der Waals surface area contributed by atoms with Crippen LogP contribution in [0.5, 0.6) is 0 Å². The van der Waals surface area contributed by atoms with Crippen LogP contribution >= 0.6 is 11.6 Å². The van der Waals surface area contributed by atoms with E-state index in [4.69, 9.17) is 11.6 Å². The Morgan fingerprint density at radius 1 is 1.13 bits per heavy atom. The Morgan fingerprint density at radius 2 is 1.78 bits per heavy atom. The number of hydrogen-bond acceptors (Lipinski definition) is 3. The second kappa shape index (κ2) is 7.12. The van der Waals surface area contributed by atoms with Crippen LogP contribution < -0.4 is 10.0 Å². The van der Waals surface area contributed by atoms with Gasteiger partial charge < -0.3 is 5.32 Å². The molecule has 0 aliphatic rings. The first-order valence-corrected chi connectivity index (χ1v) is 8.76. The van der Waals surface area contributed by atoms with Crippen LogP contribution in [0.4, 0.5) is 5.69 Å². The SMILES string of the molecule is CC(=O)Nc1ccc(CNS(=O)(=O)c2ccc(C)cc2Cl)cc1. The van der Waals surface area contributed by atoms with Crippen LogP contribution in [0.1, 0.15) is 18.1 Å². The molecule has 0 saturated carbocycles. The molecule has 0 unspecified atom stereocenters. The number of sulfonamides is 1.